The van der Waals surface area contributed by atoms with Crippen LogP contribution in [0, 0.1) is 0 Å². The number of halogens is 1. The maximum Gasteiger partial charge on any atom is 0.253 e. The van der Waals surface area contributed by atoms with Crippen LogP contribution in [0.4, 0.5) is 0 Å². The molecule has 0 fully saturated rings. The number of nitrogens with one attached hydrogen (secondary N) is 1. The normalized spacial score (nSPS) is 11.2. The third kappa shape index (κ3) is 5.19. The van der Waals surface area contributed by atoms with Gasteiger partial charge < -0.3 is 9.64 Å². The fourth-order valence-electron chi connectivity index (χ4n) is 2.05. The molecular formula is C17H19ClN2O4S. The lowest BCUT2D eigenvalue weighted by molar-refractivity contribution is 0.0773. The average Bonchev–Trinajstić information content (AvgIpc) is 2.62. The van der Waals surface area contributed by atoms with E-state index in [-0.39, 0.29) is 10.8 Å². The minimum absolute atomic E-state index is 0.111. The molecule has 1 amide bonds. The van der Waals surface area contributed by atoms with Crippen LogP contribution >= 0.6 is 11.6 Å². The molecule has 134 valence electrons. The Kier molecular flexibility index (Phi) is 6.41. The molecule has 0 saturated carbocycles. The molecule has 0 radical (unpaired) electrons. The lowest BCUT2D eigenvalue weighted by Crippen LogP contribution is -2.31. The maximum absolute atomic E-state index is 12.4. The maximum atomic E-state index is 12.4. The Hall–Kier alpha value is -2.09. The van der Waals surface area contributed by atoms with Crippen LogP contribution in [0.2, 0.25) is 5.02 Å². The van der Waals surface area contributed by atoms with Crippen molar-refractivity contribution in [3.8, 4) is 5.75 Å². The standard InChI is InChI=1S/C17H19ClN2O4S/c1-19-25(22,23)16-9-3-13(4-10-16)17(21)20(2)11-12-24-15-7-5-14(18)6-8-15/h3-10,19H,11-12H2,1-2H3. The first-order valence-electron chi connectivity index (χ1n) is 7.51. The van der Waals surface area contributed by atoms with Crippen LogP contribution in [0.3, 0.4) is 0 Å². The molecule has 0 saturated heterocycles. The van der Waals surface area contributed by atoms with Crippen molar-refractivity contribution in [2.24, 2.45) is 0 Å². The molecular weight excluding hydrogens is 364 g/mol. The van der Waals surface area contributed by atoms with Crippen LogP contribution < -0.4 is 9.46 Å². The third-order valence-electron chi connectivity index (χ3n) is 3.54. The molecule has 0 bridgehead atoms. The zero-order valence-electron chi connectivity index (χ0n) is 13.9. The van der Waals surface area contributed by atoms with Crippen molar-refractivity contribution < 1.29 is 17.9 Å². The van der Waals surface area contributed by atoms with E-state index in [2.05, 4.69) is 4.72 Å². The zero-order chi connectivity index (χ0) is 18.4. The highest BCUT2D eigenvalue weighted by Crippen LogP contribution is 2.15. The molecule has 2 aromatic carbocycles. The van der Waals surface area contributed by atoms with Crippen molar-refractivity contribution in [1.82, 2.24) is 9.62 Å². The van der Waals surface area contributed by atoms with E-state index < -0.39 is 10.0 Å². The number of nitrogens with zero attached hydrogens (tertiary/aromatic N) is 1. The fourth-order valence-corrected chi connectivity index (χ4v) is 2.90. The molecule has 25 heavy (non-hydrogen) atoms. The number of sulfonamides is 1. The number of likely N-dealkylation sites (N-methyl/N-ethyl adjacent to an activating group) is 1. The summed E-state index contributed by atoms with van der Waals surface area (Å²) in [6, 6.07) is 12.7. The second-order valence-corrected chi connectivity index (χ2v) is 7.58. The molecule has 0 aliphatic rings. The van der Waals surface area contributed by atoms with Crippen LogP contribution in [-0.4, -0.2) is 46.5 Å². The number of carbonyl (C=O) groups excluding carboxylic acids is 1. The van der Waals surface area contributed by atoms with Crippen molar-refractivity contribution in [1.29, 1.82) is 0 Å². The summed E-state index contributed by atoms with van der Waals surface area (Å²) in [7, 11) is -0.518. The van der Waals surface area contributed by atoms with Gasteiger partial charge in [-0.25, -0.2) is 13.1 Å². The Labute approximate surface area is 152 Å². The van der Waals surface area contributed by atoms with Gasteiger partial charge in [0.15, 0.2) is 0 Å². The zero-order valence-corrected chi connectivity index (χ0v) is 15.5. The Morgan fingerprint density at radius 1 is 1.12 bits per heavy atom. The molecule has 2 rings (SSSR count). The molecule has 0 spiro atoms. The van der Waals surface area contributed by atoms with Gasteiger partial charge in [-0.1, -0.05) is 11.6 Å². The molecule has 6 nitrogen and oxygen atoms in total. The van der Waals surface area contributed by atoms with Gasteiger partial charge in [0.1, 0.15) is 12.4 Å². The number of amides is 1. The van der Waals surface area contributed by atoms with Gasteiger partial charge in [-0.15, -0.1) is 0 Å². The number of ether oxygens (including phenoxy) is 1. The van der Waals surface area contributed by atoms with Crippen molar-refractivity contribution in [3.05, 3.63) is 59.1 Å². The van der Waals surface area contributed by atoms with Crippen LogP contribution in [0.15, 0.2) is 53.4 Å². The summed E-state index contributed by atoms with van der Waals surface area (Å²) in [5, 5.41) is 0.628. The summed E-state index contributed by atoms with van der Waals surface area (Å²) >= 11 is 5.80. The van der Waals surface area contributed by atoms with E-state index in [1.807, 2.05) is 0 Å². The van der Waals surface area contributed by atoms with Crippen molar-refractivity contribution >= 4 is 27.5 Å². The van der Waals surface area contributed by atoms with Gasteiger partial charge in [-0.05, 0) is 55.6 Å². The molecule has 1 N–H and O–H groups in total. The fraction of sp³-hybridized carbons (Fsp3) is 0.235. The molecule has 0 unspecified atom stereocenters. The van der Waals surface area contributed by atoms with Crippen molar-refractivity contribution in [3.63, 3.8) is 0 Å². The predicted molar refractivity (Wildman–Crippen MR) is 96.6 cm³/mol. The highest BCUT2D eigenvalue weighted by Gasteiger charge is 2.15. The summed E-state index contributed by atoms with van der Waals surface area (Å²) in [5.41, 5.74) is 0.407. The highest BCUT2D eigenvalue weighted by atomic mass is 35.5. The average molecular weight is 383 g/mol. The van der Waals surface area contributed by atoms with Crippen LogP contribution in [0.5, 0.6) is 5.75 Å². The number of carbonyl (C=O) groups is 1. The molecule has 8 heteroatoms. The second-order valence-electron chi connectivity index (χ2n) is 5.26. The minimum Gasteiger partial charge on any atom is -0.492 e. The quantitative estimate of drug-likeness (QED) is 0.797. The van der Waals surface area contributed by atoms with Crippen molar-refractivity contribution in [2.45, 2.75) is 4.90 Å². The largest absolute Gasteiger partial charge is 0.492 e. The summed E-state index contributed by atoms with van der Waals surface area (Å²) in [6.07, 6.45) is 0. The molecule has 2 aromatic rings. The Balaban J connectivity index is 1.92. The number of rotatable bonds is 7. The SMILES string of the molecule is CNS(=O)(=O)c1ccc(C(=O)N(C)CCOc2ccc(Cl)cc2)cc1. The van der Waals surface area contributed by atoms with Gasteiger partial charge >= 0.3 is 0 Å². The van der Waals surface area contributed by atoms with E-state index in [1.165, 1.54) is 36.2 Å². The highest BCUT2D eigenvalue weighted by molar-refractivity contribution is 7.89. The summed E-state index contributed by atoms with van der Waals surface area (Å²) in [5.74, 6) is 0.458. The third-order valence-corrected chi connectivity index (χ3v) is 5.22. The topological polar surface area (TPSA) is 75.7 Å². The Morgan fingerprint density at radius 2 is 1.72 bits per heavy atom. The minimum atomic E-state index is -3.51. The lowest BCUT2D eigenvalue weighted by Gasteiger charge is -2.17. The number of hydrogen-bond acceptors (Lipinski definition) is 4. The van der Waals surface area contributed by atoms with Crippen LogP contribution in [0.25, 0.3) is 0 Å². The molecule has 0 heterocycles. The van der Waals surface area contributed by atoms with Gasteiger partial charge in [-0.3, -0.25) is 4.79 Å². The van der Waals surface area contributed by atoms with Crippen LogP contribution in [0.1, 0.15) is 10.4 Å². The molecule has 0 atom stereocenters. The van der Waals surface area contributed by atoms with Crippen molar-refractivity contribution in [2.75, 3.05) is 27.2 Å². The van der Waals surface area contributed by atoms with E-state index in [0.717, 1.165) is 0 Å². The first-order chi connectivity index (χ1) is 11.8. The summed E-state index contributed by atoms with van der Waals surface area (Å²) in [4.78, 5) is 14.0. The smallest absolute Gasteiger partial charge is 0.253 e. The monoisotopic (exact) mass is 382 g/mol. The van der Waals surface area contributed by atoms with Crippen LogP contribution in [-0.2, 0) is 10.0 Å². The van der Waals surface area contributed by atoms with Gasteiger partial charge in [0.25, 0.3) is 5.91 Å². The van der Waals surface area contributed by atoms with Gasteiger partial charge in [0.2, 0.25) is 10.0 Å². The van der Waals surface area contributed by atoms with E-state index in [9.17, 15) is 13.2 Å². The van der Waals surface area contributed by atoms with Gasteiger partial charge in [-0.2, -0.15) is 0 Å². The Morgan fingerprint density at radius 3 is 2.28 bits per heavy atom. The van der Waals surface area contributed by atoms with E-state index >= 15 is 0 Å². The molecule has 0 aromatic heterocycles. The van der Waals surface area contributed by atoms with E-state index in [0.29, 0.717) is 29.5 Å². The molecule has 0 aliphatic carbocycles. The summed E-state index contributed by atoms with van der Waals surface area (Å²) < 4.78 is 31.1. The first-order valence-corrected chi connectivity index (χ1v) is 9.37. The second kappa shape index (κ2) is 8.33. The Bertz CT molecular complexity index is 821. The van der Waals surface area contributed by atoms with Gasteiger partial charge in [0, 0.05) is 17.6 Å². The number of hydrogen-bond donors (Lipinski definition) is 1. The van der Waals surface area contributed by atoms with E-state index in [1.54, 1.807) is 31.3 Å². The predicted octanol–water partition coefficient (Wildman–Crippen LogP) is 2.40. The molecule has 0 aliphatic heterocycles. The lowest BCUT2D eigenvalue weighted by atomic mass is 10.2. The number of benzene rings is 2. The first kappa shape index (κ1) is 19.2. The summed E-state index contributed by atoms with van der Waals surface area (Å²) in [6.45, 7) is 0.716. The van der Waals surface area contributed by atoms with E-state index in [4.69, 9.17) is 16.3 Å². The van der Waals surface area contributed by atoms with Gasteiger partial charge in [0.05, 0.1) is 11.4 Å².